The number of benzene rings is 1. The second kappa shape index (κ2) is 10.1. The van der Waals surface area contributed by atoms with Crippen LogP contribution in [0, 0.1) is 5.92 Å². The van der Waals surface area contributed by atoms with Crippen LogP contribution in [-0.2, 0) is 9.59 Å². The zero-order valence-electron chi connectivity index (χ0n) is 16.8. The summed E-state index contributed by atoms with van der Waals surface area (Å²) in [4.78, 5) is 29.8. The summed E-state index contributed by atoms with van der Waals surface area (Å²) >= 11 is 0. The van der Waals surface area contributed by atoms with Crippen molar-refractivity contribution in [1.29, 1.82) is 0 Å². The van der Waals surface area contributed by atoms with Crippen molar-refractivity contribution in [3.8, 4) is 5.75 Å². The molecule has 6 nitrogen and oxygen atoms in total. The summed E-state index contributed by atoms with van der Waals surface area (Å²) in [6.45, 7) is 4.19. The van der Waals surface area contributed by atoms with Crippen molar-refractivity contribution < 1.29 is 14.3 Å². The minimum absolute atomic E-state index is 0. The smallest absolute Gasteiger partial charge is 0.228 e. The van der Waals surface area contributed by atoms with Crippen molar-refractivity contribution in [2.45, 2.75) is 51.1 Å². The van der Waals surface area contributed by atoms with Crippen LogP contribution in [0.15, 0.2) is 24.3 Å². The van der Waals surface area contributed by atoms with E-state index in [1.807, 2.05) is 34.1 Å². The zero-order valence-corrected chi connectivity index (χ0v) is 17.6. The van der Waals surface area contributed by atoms with Crippen molar-refractivity contribution in [3.05, 3.63) is 29.8 Å². The molecule has 2 fully saturated rings. The molecule has 7 heteroatoms. The maximum atomic E-state index is 13.3. The lowest BCUT2D eigenvalue weighted by Gasteiger charge is -2.34. The number of unbranched alkanes of at least 4 members (excludes halogenated alkanes) is 1. The Morgan fingerprint density at radius 1 is 1.21 bits per heavy atom. The van der Waals surface area contributed by atoms with E-state index < -0.39 is 0 Å². The summed E-state index contributed by atoms with van der Waals surface area (Å²) in [6, 6.07) is 7.74. The Morgan fingerprint density at radius 2 is 1.86 bits per heavy atom. The van der Waals surface area contributed by atoms with Crippen molar-refractivity contribution in [1.82, 2.24) is 9.80 Å². The first kappa shape index (κ1) is 22.5. The van der Waals surface area contributed by atoms with Crippen molar-refractivity contribution in [2.75, 3.05) is 26.7 Å². The zero-order chi connectivity index (χ0) is 19.4. The number of halogens is 1. The van der Waals surface area contributed by atoms with E-state index >= 15 is 0 Å². The lowest BCUT2D eigenvalue weighted by Crippen LogP contribution is -2.46. The van der Waals surface area contributed by atoms with E-state index in [0.717, 1.165) is 37.0 Å². The molecule has 1 aromatic rings. The number of amides is 2. The van der Waals surface area contributed by atoms with Crippen LogP contribution in [0.3, 0.4) is 0 Å². The number of carbonyl (C=O) groups excluding carboxylic acids is 2. The monoisotopic (exact) mass is 409 g/mol. The van der Waals surface area contributed by atoms with Crippen LogP contribution in [0.5, 0.6) is 5.75 Å². The van der Waals surface area contributed by atoms with Crippen LogP contribution in [0.1, 0.15) is 50.6 Å². The number of nitrogens with zero attached hydrogens (tertiary/aromatic N) is 2. The highest BCUT2D eigenvalue weighted by atomic mass is 35.5. The lowest BCUT2D eigenvalue weighted by molar-refractivity contribution is -0.137. The van der Waals surface area contributed by atoms with Gasteiger partial charge in [-0.3, -0.25) is 9.59 Å². The third-order valence-electron chi connectivity index (χ3n) is 5.81. The Morgan fingerprint density at radius 3 is 2.43 bits per heavy atom. The van der Waals surface area contributed by atoms with Gasteiger partial charge in [-0.15, -0.1) is 12.4 Å². The molecule has 2 heterocycles. The Kier molecular flexibility index (Phi) is 8.13. The number of hydrogen-bond donors (Lipinski definition) is 1. The highest BCUT2D eigenvalue weighted by Crippen LogP contribution is 2.40. The quantitative estimate of drug-likeness (QED) is 0.783. The highest BCUT2D eigenvalue weighted by molar-refractivity contribution is 5.90. The van der Waals surface area contributed by atoms with Gasteiger partial charge in [-0.25, -0.2) is 0 Å². The normalized spacial score (nSPS) is 22.9. The molecule has 0 aliphatic carbocycles. The number of hydrogen-bond acceptors (Lipinski definition) is 4. The summed E-state index contributed by atoms with van der Waals surface area (Å²) in [5.74, 6) is 0.625. The standard InChI is InChI=1S/C21H31N3O3.ClH/c1-3-4-11-24-19(25)14-18(21(26)23-12-9-16(22)10-13-23)20(24)15-5-7-17(27-2)8-6-15;/h5-8,16,18,20H,3-4,9-14,22H2,1-2H3;1H. The molecule has 2 aliphatic heterocycles. The molecule has 2 saturated heterocycles. The molecule has 2 N–H and O–H groups in total. The van der Waals surface area contributed by atoms with Gasteiger partial charge in [0.1, 0.15) is 5.75 Å². The maximum Gasteiger partial charge on any atom is 0.228 e. The second-order valence-electron chi connectivity index (χ2n) is 7.63. The third-order valence-corrected chi connectivity index (χ3v) is 5.81. The van der Waals surface area contributed by atoms with Gasteiger partial charge in [0.25, 0.3) is 0 Å². The van der Waals surface area contributed by atoms with Gasteiger partial charge in [0.05, 0.1) is 19.1 Å². The maximum absolute atomic E-state index is 13.3. The predicted octanol–water partition coefficient (Wildman–Crippen LogP) is 2.76. The van der Waals surface area contributed by atoms with Gasteiger partial charge in [0, 0.05) is 32.1 Å². The summed E-state index contributed by atoms with van der Waals surface area (Å²) < 4.78 is 5.26. The minimum Gasteiger partial charge on any atom is -0.497 e. The van der Waals surface area contributed by atoms with Crippen LogP contribution in [0.25, 0.3) is 0 Å². The summed E-state index contributed by atoms with van der Waals surface area (Å²) in [5.41, 5.74) is 6.99. The molecule has 28 heavy (non-hydrogen) atoms. The molecule has 0 bridgehead atoms. The molecular formula is C21H32ClN3O3. The fraction of sp³-hybridized carbons (Fsp3) is 0.619. The Bertz CT molecular complexity index is 659. The first-order chi connectivity index (χ1) is 13.0. The van der Waals surface area contributed by atoms with Gasteiger partial charge in [-0.2, -0.15) is 0 Å². The Hall–Kier alpha value is -1.79. The number of carbonyl (C=O) groups is 2. The van der Waals surface area contributed by atoms with Gasteiger partial charge in [0.15, 0.2) is 0 Å². The second-order valence-corrected chi connectivity index (χ2v) is 7.63. The number of nitrogens with two attached hydrogens (primary N) is 1. The van der Waals surface area contributed by atoms with Gasteiger partial charge in [0.2, 0.25) is 11.8 Å². The number of ether oxygens (including phenoxy) is 1. The first-order valence-corrected chi connectivity index (χ1v) is 10.0. The van der Waals surface area contributed by atoms with Crippen molar-refractivity contribution in [2.24, 2.45) is 11.7 Å². The van der Waals surface area contributed by atoms with Crippen molar-refractivity contribution >= 4 is 24.2 Å². The molecule has 0 spiro atoms. The van der Waals surface area contributed by atoms with Crippen molar-refractivity contribution in [3.63, 3.8) is 0 Å². The number of likely N-dealkylation sites (tertiary alicyclic amines) is 2. The molecular weight excluding hydrogens is 378 g/mol. The predicted molar refractivity (Wildman–Crippen MR) is 112 cm³/mol. The summed E-state index contributed by atoms with van der Waals surface area (Å²) in [7, 11) is 1.63. The van der Waals surface area contributed by atoms with Gasteiger partial charge < -0.3 is 20.3 Å². The topological polar surface area (TPSA) is 75.9 Å². The number of rotatable bonds is 6. The third kappa shape index (κ3) is 4.78. The van der Waals surface area contributed by atoms with Gasteiger partial charge in [-0.1, -0.05) is 25.5 Å². The van der Waals surface area contributed by atoms with Crippen LogP contribution in [0.4, 0.5) is 0 Å². The van der Waals surface area contributed by atoms with Crippen LogP contribution in [0.2, 0.25) is 0 Å². The fourth-order valence-electron chi connectivity index (χ4n) is 4.17. The molecule has 1 aromatic carbocycles. The number of piperidine rings is 1. The summed E-state index contributed by atoms with van der Waals surface area (Å²) in [6.07, 6.45) is 3.92. The highest BCUT2D eigenvalue weighted by Gasteiger charge is 2.45. The molecule has 2 unspecified atom stereocenters. The molecule has 0 aromatic heterocycles. The minimum atomic E-state index is -0.322. The van der Waals surface area contributed by atoms with E-state index in [1.54, 1.807) is 7.11 Å². The van der Waals surface area contributed by atoms with Gasteiger partial charge in [-0.05, 0) is 37.0 Å². The Labute approximate surface area is 173 Å². The SMILES string of the molecule is CCCCN1C(=O)CC(C(=O)N2CCC(N)CC2)C1c1ccc(OC)cc1.Cl. The van der Waals surface area contributed by atoms with Crippen LogP contribution < -0.4 is 10.5 Å². The molecule has 0 radical (unpaired) electrons. The molecule has 2 aliphatic rings. The number of methoxy groups -OCH3 is 1. The van der Waals surface area contributed by atoms with E-state index in [0.29, 0.717) is 26.1 Å². The molecule has 156 valence electrons. The van der Waals surface area contributed by atoms with Gasteiger partial charge >= 0.3 is 0 Å². The Balaban J connectivity index is 0.00000280. The lowest BCUT2D eigenvalue weighted by atomic mass is 9.91. The molecule has 0 saturated carbocycles. The van der Waals surface area contributed by atoms with Crippen LogP contribution in [-0.4, -0.2) is 54.4 Å². The van der Waals surface area contributed by atoms with E-state index in [4.69, 9.17) is 10.5 Å². The fourth-order valence-corrected chi connectivity index (χ4v) is 4.17. The first-order valence-electron chi connectivity index (χ1n) is 10.0. The average Bonchev–Trinajstić information content (AvgIpc) is 3.02. The average molecular weight is 410 g/mol. The molecule has 2 atom stereocenters. The summed E-state index contributed by atoms with van der Waals surface area (Å²) in [5, 5.41) is 0. The van der Waals surface area contributed by atoms with E-state index in [1.165, 1.54) is 0 Å². The largest absolute Gasteiger partial charge is 0.497 e. The molecule has 3 rings (SSSR count). The van der Waals surface area contributed by atoms with E-state index in [9.17, 15) is 9.59 Å². The van der Waals surface area contributed by atoms with Crippen LogP contribution >= 0.6 is 12.4 Å². The van der Waals surface area contributed by atoms with E-state index in [2.05, 4.69) is 6.92 Å². The van der Waals surface area contributed by atoms with E-state index in [-0.39, 0.29) is 42.2 Å². The molecule has 2 amide bonds.